The molecular formula is C14H15NO4S2. The Morgan fingerprint density at radius 2 is 2.05 bits per heavy atom. The van der Waals surface area contributed by atoms with Crippen LogP contribution in [0.3, 0.4) is 0 Å². The third-order valence-corrected chi connectivity index (χ3v) is 5.76. The summed E-state index contributed by atoms with van der Waals surface area (Å²) in [5.74, 6) is -1.15. The summed E-state index contributed by atoms with van der Waals surface area (Å²) in [7, 11) is -3.78. The maximum absolute atomic E-state index is 12.4. The Labute approximate surface area is 127 Å². The molecule has 5 nitrogen and oxygen atoms in total. The minimum Gasteiger partial charge on any atom is -0.478 e. The smallest absolute Gasteiger partial charge is 0.335 e. The summed E-state index contributed by atoms with van der Waals surface area (Å²) in [6.07, 6.45) is 0. The lowest BCUT2D eigenvalue weighted by atomic mass is 10.1. The molecule has 0 spiro atoms. The minimum atomic E-state index is -3.78. The van der Waals surface area contributed by atoms with Gasteiger partial charge < -0.3 is 5.11 Å². The number of benzene rings is 1. The summed E-state index contributed by atoms with van der Waals surface area (Å²) < 4.78 is 27.4. The van der Waals surface area contributed by atoms with Gasteiger partial charge in [0.15, 0.2) is 0 Å². The first kappa shape index (κ1) is 15.7. The van der Waals surface area contributed by atoms with Gasteiger partial charge in [-0.3, -0.25) is 0 Å². The summed E-state index contributed by atoms with van der Waals surface area (Å²) in [6, 6.07) is 7.39. The zero-order valence-corrected chi connectivity index (χ0v) is 13.2. The molecule has 2 N–H and O–H groups in total. The average Bonchev–Trinajstić information content (AvgIpc) is 2.92. The van der Waals surface area contributed by atoms with Crippen LogP contribution in [0, 0.1) is 6.92 Å². The SMILES string of the molecule is Cc1ccc(C(=O)O)cc1S(=O)(=O)NC(C)c1cccs1. The van der Waals surface area contributed by atoms with Crippen LogP contribution in [-0.4, -0.2) is 19.5 Å². The van der Waals surface area contributed by atoms with Crippen LogP contribution in [0.25, 0.3) is 0 Å². The predicted octanol–water partition coefficient (Wildman–Crippen LogP) is 2.79. The van der Waals surface area contributed by atoms with Gasteiger partial charge in [-0.15, -0.1) is 11.3 Å². The Hall–Kier alpha value is -1.70. The lowest BCUT2D eigenvalue weighted by molar-refractivity contribution is 0.0696. The van der Waals surface area contributed by atoms with E-state index in [1.165, 1.54) is 29.5 Å². The fraction of sp³-hybridized carbons (Fsp3) is 0.214. The number of nitrogens with one attached hydrogen (secondary N) is 1. The Bertz CT molecular complexity index is 751. The van der Waals surface area contributed by atoms with Crippen molar-refractivity contribution >= 4 is 27.3 Å². The van der Waals surface area contributed by atoms with Crippen LogP contribution in [0.5, 0.6) is 0 Å². The largest absolute Gasteiger partial charge is 0.478 e. The number of hydrogen-bond donors (Lipinski definition) is 2. The maximum atomic E-state index is 12.4. The molecule has 0 amide bonds. The van der Waals surface area contributed by atoms with Crippen LogP contribution in [0.1, 0.15) is 33.8 Å². The molecule has 21 heavy (non-hydrogen) atoms. The van der Waals surface area contributed by atoms with Gasteiger partial charge in [0.2, 0.25) is 10.0 Å². The summed E-state index contributed by atoms with van der Waals surface area (Å²) in [5, 5.41) is 10.9. The van der Waals surface area contributed by atoms with E-state index < -0.39 is 16.0 Å². The Kier molecular flexibility index (Phi) is 4.46. The zero-order chi connectivity index (χ0) is 15.6. The molecule has 0 saturated carbocycles. The summed E-state index contributed by atoms with van der Waals surface area (Å²) in [4.78, 5) is 11.9. The maximum Gasteiger partial charge on any atom is 0.335 e. The van der Waals surface area contributed by atoms with E-state index in [1.807, 2.05) is 17.5 Å². The number of hydrogen-bond acceptors (Lipinski definition) is 4. The number of sulfonamides is 1. The predicted molar refractivity (Wildman–Crippen MR) is 81.2 cm³/mol. The molecule has 1 unspecified atom stereocenters. The fourth-order valence-corrected chi connectivity index (χ4v) is 4.22. The molecule has 1 atom stereocenters. The van der Waals surface area contributed by atoms with Crippen molar-refractivity contribution in [1.82, 2.24) is 4.72 Å². The molecule has 1 heterocycles. The Morgan fingerprint density at radius 3 is 2.62 bits per heavy atom. The molecule has 0 aliphatic heterocycles. The number of carboxylic acid groups (broad SMARTS) is 1. The highest BCUT2D eigenvalue weighted by atomic mass is 32.2. The quantitative estimate of drug-likeness (QED) is 0.885. The van der Waals surface area contributed by atoms with E-state index in [4.69, 9.17) is 5.11 Å². The van der Waals surface area contributed by atoms with Gasteiger partial charge in [0, 0.05) is 4.88 Å². The standard InChI is InChI=1S/C14H15NO4S2/c1-9-5-6-11(14(16)17)8-13(9)21(18,19)15-10(2)12-4-3-7-20-12/h3-8,10,15H,1-2H3,(H,16,17). The molecule has 0 radical (unpaired) electrons. The van der Waals surface area contributed by atoms with Gasteiger partial charge in [-0.25, -0.2) is 17.9 Å². The normalized spacial score (nSPS) is 13.0. The number of carboxylic acids is 1. The molecule has 2 rings (SSSR count). The number of thiophene rings is 1. The zero-order valence-electron chi connectivity index (χ0n) is 11.5. The third kappa shape index (κ3) is 3.49. The molecule has 0 fully saturated rings. The molecular weight excluding hydrogens is 310 g/mol. The molecule has 7 heteroatoms. The molecule has 0 saturated heterocycles. The van der Waals surface area contributed by atoms with Crippen molar-refractivity contribution in [3.63, 3.8) is 0 Å². The summed E-state index contributed by atoms with van der Waals surface area (Å²) in [5.41, 5.74) is 0.454. The highest BCUT2D eigenvalue weighted by molar-refractivity contribution is 7.89. The van der Waals surface area contributed by atoms with Crippen LogP contribution in [-0.2, 0) is 10.0 Å². The lowest BCUT2D eigenvalue weighted by Crippen LogP contribution is -2.27. The van der Waals surface area contributed by atoms with Gasteiger partial charge in [0.05, 0.1) is 16.5 Å². The minimum absolute atomic E-state index is 0.00851. The van der Waals surface area contributed by atoms with Crippen molar-refractivity contribution < 1.29 is 18.3 Å². The van der Waals surface area contributed by atoms with Crippen LogP contribution >= 0.6 is 11.3 Å². The van der Waals surface area contributed by atoms with Crippen LogP contribution in [0.4, 0.5) is 0 Å². The Morgan fingerprint density at radius 1 is 1.33 bits per heavy atom. The van der Waals surface area contributed by atoms with Gasteiger partial charge >= 0.3 is 5.97 Å². The van der Waals surface area contributed by atoms with Gasteiger partial charge in [-0.05, 0) is 43.0 Å². The van der Waals surface area contributed by atoms with Gasteiger partial charge in [0.1, 0.15) is 0 Å². The van der Waals surface area contributed by atoms with Crippen molar-refractivity contribution in [2.75, 3.05) is 0 Å². The van der Waals surface area contributed by atoms with E-state index in [1.54, 1.807) is 13.8 Å². The molecule has 112 valence electrons. The average molecular weight is 325 g/mol. The summed E-state index contributed by atoms with van der Waals surface area (Å²) in [6.45, 7) is 3.38. The highest BCUT2D eigenvalue weighted by Crippen LogP contribution is 2.23. The summed E-state index contributed by atoms with van der Waals surface area (Å²) >= 11 is 1.46. The number of aryl methyl sites for hydroxylation is 1. The van der Waals surface area contributed by atoms with E-state index in [-0.39, 0.29) is 16.5 Å². The number of rotatable bonds is 5. The first-order valence-corrected chi connectivity index (χ1v) is 8.57. The first-order chi connectivity index (χ1) is 9.81. The van der Waals surface area contributed by atoms with Gasteiger partial charge in [0.25, 0.3) is 0 Å². The van der Waals surface area contributed by atoms with Crippen LogP contribution in [0.15, 0.2) is 40.6 Å². The Balaban J connectivity index is 2.35. The second kappa shape index (κ2) is 5.97. The van der Waals surface area contributed by atoms with Crippen LogP contribution in [0.2, 0.25) is 0 Å². The van der Waals surface area contributed by atoms with Crippen molar-refractivity contribution in [2.24, 2.45) is 0 Å². The van der Waals surface area contributed by atoms with E-state index in [0.29, 0.717) is 5.56 Å². The molecule has 2 aromatic rings. The monoisotopic (exact) mass is 325 g/mol. The molecule has 1 aromatic carbocycles. The molecule has 0 aliphatic rings. The van der Waals surface area contributed by atoms with E-state index >= 15 is 0 Å². The van der Waals surface area contributed by atoms with Crippen molar-refractivity contribution in [2.45, 2.75) is 24.8 Å². The topological polar surface area (TPSA) is 83.5 Å². The molecule has 1 aromatic heterocycles. The van der Waals surface area contributed by atoms with E-state index in [9.17, 15) is 13.2 Å². The van der Waals surface area contributed by atoms with Gasteiger partial charge in [-0.2, -0.15) is 0 Å². The van der Waals surface area contributed by atoms with Crippen molar-refractivity contribution in [3.8, 4) is 0 Å². The third-order valence-electron chi connectivity index (χ3n) is 3.03. The first-order valence-electron chi connectivity index (χ1n) is 6.21. The van der Waals surface area contributed by atoms with Crippen LogP contribution < -0.4 is 4.72 Å². The second-order valence-corrected chi connectivity index (χ2v) is 7.31. The fourth-order valence-electron chi connectivity index (χ4n) is 1.91. The van der Waals surface area contributed by atoms with Gasteiger partial charge in [-0.1, -0.05) is 12.1 Å². The van der Waals surface area contributed by atoms with Crippen molar-refractivity contribution in [1.29, 1.82) is 0 Å². The number of aromatic carboxylic acids is 1. The molecule has 0 bridgehead atoms. The van der Waals surface area contributed by atoms with Crippen molar-refractivity contribution in [3.05, 3.63) is 51.7 Å². The number of carbonyl (C=O) groups is 1. The molecule has 0 aliphatic carbocycles. The highest BCUT2D eigenvalue weighted by Gasteiger charge is 2.22. The van der Waals surface area contributed by atoms with E-state index in [2.05, 4.69) is 4.72 Å². The second-order valence-electron chi connectivity index (χ2n) is 4.64. The van der Waals surface area contributed by atoms with E-state index in [0.717, 1.165) is 4.88 Å². The lowest BCUT2D eigenvalue weighted by Gasteiger charge is -2.14.